The van der Waals surface area contributed by atoms with E-state index in [9.17, 15) is 0 Å². The van der Waals surface area contributed by atoms with Crippen LogP contribution in [-0.2, 0) is 0 Å². The van der Waals surface area contributed by atoms with Crippen LogP contribution < -0.4 is 9.80 Å². The molecule has 0 amide bonds. The van der Waals surface area contributed by atoms with Gasteiger partial charge in [-0.05, 0) is 81.6 Å². The van der Waals surface area contributed by atoms with Crippen LogP contribution in [0.3, 0.4) is 0 Å². The van der Waals surface area contributed by atoms with E-state index in [-0.39, 0.29) is 6.04 Å². The normalized spacial score (nSPS) is 16.1. The van der Waals surface area contributed by atoms with Gasteiger partial charge in [-0.15, -0.1) is 0 Å². The molecule has 0 radical (unpaired) electrons. The van der Waals surface area contributed by atoms with Gasteiger partial charge in [0.05, 0.1) is 6.04 Å². The van der Waals surface area contributed by atoms with Gasteiger partial charge in [0, 0.05) is 39.9 Å². The average molecular weight is 615 g/mol. The van der Waals surface area contributed by atoms with Crippen molar-refractivity contribution in [1.82, 2.24) is 0 Å². The van der Waals surface area contributed by atoms with Gasteiger partial charge in [-0.1, -0.05) is 146 Å². The van der Waals surface area contributed by atoms with Gasteiger partial charge in [0.1, 0.15) is 0 Å². The van der Waals surface area contributed by atoms with E-state index in [1.165, 1.54) is 50.0 Å². The largest absolute Gasteiger partial charge is 0.333 e. The third-order valence-electron chi connectivity index (χ3n) is 9.79. The zero-order chi connectivity index (χ0) is 31.9. The number of fused-ring (bicyclic) bond motifs is 5. The summed E-state index contributed by atoms with van der Waals surface area (Å²) in [7, 11) is 0. The Morgan fingerprint density at radius 2 is 1.00 bits per heavy atom. The second-order valence-corrected chi connectivity index (χ2v) is 12.5. The van der Waals surface area contributed by atoms with Gasteiger partial charge >= 0.3 is 0 Å². The summed E-state index contributed by atoms with van der Waals surface area (Å²) in [4.78, 5) is 4.89. The summed E-state index contributed by atoms with van der Waals surface area (Å²) in [6, 6.07) is 61.6. The van der Waals surface area contributed by atoms with E-state index in [1.807, 2.05) is 0 Å². The molecule has 228 valence electrons. The monoisotopic (exact) mass is 614 g/mol. The lowest BCUT2D eigenvalue weighted by molar-refractivity contribution is 0.747. The summed E-state index contributed by atoms with van der Waals surface area (Å²) in [6.07, 6.45) is 9.14. The van der Waals surface area contributed by atoms with Gasteiger partial charge in [0.15, 0.2) is 0 Å². The van der Waals surface area contributed by atoms with Gasteiger partial charge in [-0.3, -0.25) is 0 Å². The molecule has 7 aromatic carbocycles. The molecule has 0 fully saturated rings. The van der Waals surface area contributed by atoms with Crippen molar-refractivity contribution in [2.24, 2.45) is 0 Å². The Labute approximate surface area is 282 Å². The number of para-hydroxylation sites is 2. The SMILES string of the molecule is C1=CC2c3c(ccc4ccccc34)N(c3ccccc3-c3ccc(N(c4ccccc4)c4ccc(-c5ccccc5)cc4)cc3)C2C=C1. The molecular formula is C46H34N2. The molecule has 0 bridgehead atoms. The quantitative estimate of drug-likeness (QED) is 0.184. The minimum Gasteiger partial charge on any atom is -0.333 e. The summed E-state index contributed by atoms with van der Waals surface area (Å²) >= 11 is 0. The van der Waals surface area contributed by atoms with Gasteiger partial charge < -0.3 is 9.80 Å². The first-order chi connectivity index (χ1) is 23.8. The number of allylic oxidation sites excluding steroid dienone is 2. The number of anilines is 5. The zero-order valence-corrected chi connectivity index (χ0v) is 26.5. The Morgan fingerprint density at radius 1 is 0.417 bits per heavy atom. The Hall–Kier alpha value is -6.12. The molecule has 1 heterocycles. The van der Waals surface area contributed by atoms with Crippen LogP contribution in [0.15, 0.2) is 194 Å². The fourth-order valence-corrected chi connectivity index (χ4v) is 7.58. The van der Waals surface area contributed by atoms with Crippen LogP contribution in [0.25, 0.3) is 33.0 Å². The molecule has 2 aliphatic rings. The first kappa shape index (κ1) is 28.1. The van der Waals surface area contributed by atoms with E-state index in [1.54, 1.807) is 0 Å². The lowest BCUT2D eigenvalue weighted by Crippen LogP contribution is -2.28. The number of hydrogen-bond acceptors (Lipinski definition) is 2. The number of hydrogen-bond donors (Lipinski definition) is 0. The molecule has 0 saturated carbocycles. The highest BCUT2D eigenvalue weighted by Crippen LogP contribution is 2.52. The fourth-order valence-electron chi connectivity index (χ4n) is 7.58. The highest BCUT2D eigenvalue weighted by Gasteiger charge is 2.39. The highest BCUT2D eigenvalue weighted by molar-refractivity contribution is 5.97. The van der Waals surface area contributed by atoms with Crippen LogP contribution in [0, 0.1) is 0 Å². The maximum atomic E-state index is 2.56. The Kier molecular flexibility index (Phi) is 6.98. The predicted molar refractivity (Wildman–Crippen MR) is 203 cm³/mol. The Balaban J connectivity index is 1.11. The maximum Gasteiger partial charge on any atom is 0.0630 e. The maximum absolute atomic E-state index is 2.56. The smallest absolute Gasteiger partial charge is 0.0630 e. The predicted octanol–water partition coefficient (Wildman–Crippen LogP) is 12.4. The minimum atomic E-state index is 0.226. The lowest BCUT2D eigenvalue weighted by Gasteiger charge is -2.30. The summed E-state index contributed by atoms with van der Waals surface area (Å²) in [5.74, 6) is 0.305. The van der Waals surface area contributed by atoms with Crippen LogP contribution >= 0.6 is 0 Å². The summed E-state index contributed by atoms with van der Waals surface area (Å²) in [6.45, 7) is 0. The average Bonchev–Trinajstić information content (AvgIpc) is 3.51. The molecule has 1 aliphatic carbocycles. The van der Waals surface area contributed by atoms with Crippen molar-refractivity contribution in [1.29, 1.82) is 0 Å². The molecule has 1 aliphatic heterocycles. The third-order valence-corrected chi connectivity index (χ3v) is 9.79. The van der Waals surface area contributed by atoms with Crippen molar-refractivity contribution < 1.29 is 0 Å². The fraction of sp³-hybridized carbons (Fsp3) is 0.0435. The minimum absolute atomic E-state index is 0.226. The van der Waals surface area contributed by atoms with Crippen molar-refractivity contribution >= 4 is 39.2 Å². The molecule has 7 aromatic rings. The first-order valence-corrected chi connectivity index (χ1v) is 16.7. The molecule has 9 rings (SSSR count). The van der Waals surface area contributed by atoms with Crippen molar-refractivity contribution in [3.63, 3.8) is 0 Å². The van der Waals surface area contributed by atoms with Crippen LogP contribution in [0.5, 0.6) is 0 Å². The molecule has 2 unspecified atom stereocenters. The molecule has 2 nitrogen and oxygen atoms in total. The second-order valence-electron chi connectivity index (χ2n) is 12.5. The standard InChI is InChI=1S/C46H34N2/c1-3-13-33(14-4-1)34-23-28-38(29-24-34)47(37-16-5-2-6-17-37)39-30-25-36(26-31-39)40-18-9-11-21-43(40)48-44-22-12-10-20-42(44)46-41-19-8-7-15-35(41)27-32-45(46)48/h1-32,42,44H. The molecule has 0 N–H and O–H groups in total. The number of benzene rings is 7. The Bertz CT molecular complexity index is 2280. The molecule has 2 heteroatoms. The molecule has 48 heavy (non-hydrogen) atoms. The van der Waals surface area contributed by atoms with Gasteiger partial charge in [0.2, 0.25) is 0 Å². The molecule has 0 aromatic heterocycles. The summed E-state index contributed by atoms with van der Waals surface area (Å²) < 4.78 is 0. The van der Waals surface area contributed by atoms with Crippen LogP contribution in [0.1, 0.15) is 11.5 Å². The summed E-state index contributed by atoms with van der Waals surface area (Å²) in [5.41, 5.74) is 12.2. The first-order valence-electron chi connectivity index (χ1n) is 16.7. The zero-order valence-electron chi connectivity index (χ0n) is 26.5. The number of rotatable bonds is 6. The van der Waals surface area contributed by atoms with Gasteiger partial charge in [0.25, 0.3) is 0 Å². The van der Waals surface area contributed by atoms with Crippen molar-refractivity contribution in [3.8, 4) is 22.3 Å². The van der Waals surface area contributed by atoms with E-state index in [0.717, 1.165) is 17.1 Å². The second kappa shape index (κ2) is 11.9. The highest BCUT2D eigenvalue weighted by atomic mass is 15.2. The van der Waals surface area contributed by atoms with E-state index in [2.05, 4.69) is 204 Å². The van der Waals surface area contributed by atoms with Crippen LogP contribution in [0.2, 0.25) is 0 Å². The van der Waals surface area contributed by atoms with E-state index >= 15 is 0 Å². The molecular weight excluding hydrogens is 581 g/mol. The molecule has 0 spiro atoms. The number of nitrogens with zero attached hydrogens (tertiary/aromatic N) is 2. The van der Waals surface area contributed by atoms with Gasteiger partial charge in [-0.25, -0.2) is 0 Å². The van der Waals surface area contributed by atoms with Gasteiger partial charge in [-0.2, -0.15) is 0 Å². The van der Waals surface area contributed by atoms with E-state index in [0.29, 0.717) is 5.92 Å². The van der Waals surface area contributed by atoms with Crippen molar-refractivity contribution in [2.75, 3.05) is 9.80 Å². The summed E-state index contributed by atoms with van der Waals surface area (Å²) in [5, 5.41) is 2.63. The van der Waals surface area contributed by atoms with E-state index in [4.69, 9.17) is 0 Å². The van der Waals surface area contributed by atoms with Crippen LogP contribution in [0.4, 0.5) is 28.4 Å². The van der Waals surface area contributed by atoms with Crippen LogP contribution in [-0.4, -0.2) is 6.04 Å². The Morgan fingerprint density at radius 3 is 1.77 bits per heavy atom. The van der Waals surface area contributed by atoms with Crippen molar-refractivity contribution in [3.05, 3.63) is 200 Å². The molecule has 0 saturated heterocycles. The third kappa shape index (κ3) is 4.82. The lowest BCUT2D eigenvalue weighted by atomic mass is 9.88. The topological polar surface area (TPSA) is 6.48 Å². The van der Waals surface area contributed by atoms with Crippen molar-refractivity contribution in [2.45, 2.75) is 12.0 Å². The molecule has 2 atom stereocenters. The van der Waals surface area contributed by atoms with E-state index < -0.39 is 0 Å².